The molecule has 0 saturated carbocycles. The molecule has 43 heavy (non-hydrogen) atoms. The highest BCUT2D eigenvalue weighted by Gasteiger charge is 2.37. The summed E-state index contributed by atoms with van der Waals surface area (Å²) in [4.78, 5) is 16.3. The van der Waals surface area contributed by atoms with Gasteiger partial charge < -0.3 is 9.38 Å². The summed E-state index contributed by atoms with van der Waals surface area (Å²) in [5, 5.41) is 4.69. The number of halogens is 1. The van der Waals surface area contributed by atoms with Crippen molar-refractivity contribution in [3.05, 3.63) is 113 Å². The van der Waals surface area contributed by atoms with Gasteiger partial charge in [0, 0.05) is 49.6 Å². The Morgan fingerprint density at radius 2 is 1.60 bits per heavy atom. The number of hydrogen-bond donors (Lipinski definition) is 0. The smallest absolute Gasteiger partial charge is 0.257 e. The normalized spacial score (nSPS) is 22.5. The van der Waals surface area contributed by atoms with Crippen LogP contribution in [0.1, 0.15) is 58.3 Å². The molecule has 3 heterocycles. The average molecular weight is 602 g/mol. The molecular formula is C34H38FN4O3S+. The van der Waals surface area contributed by atoms with E-state index in [-0.39, 0.29) is 17.6 Å². The van der Waals surface area contributed by atoms with E-state index in [9.17, 15) is 17.6 Å². The number of piperidine rings is 1. The summed E-state index contributed by atoms with van der Waals surface area (Å²) in [5.41, 5.74) is 4.64. The molecule has 6 rings (SSSR count). The summed E-state index contributed by atoms with van der Waals surface area (Å²) >= 11 is 0. The van der Waals surface area contributed by atoms with E-state index in [4.69, 9.17) is 0 Å². The Balaban J connectivity index is 1.23. The molecule has 1 aromatic heterocycles. The summed E-state index contributed by atoms with van der Waals surface area (Å²) in [7, 11) is -0.996. The van der Waals surface area contributed by atoms with Gasteiger partial charge in [-0.3, -0.25) is 4.79 Å². The van der Waals surface area contributed by atoms with Crippen molar-refractivity contribution in [1.29, 1.82) is 0 Å². The maximum Gasteiger partial charge on any atom is 0.257 e. The van der Waals surface area contributed by atoms with Crippen LogP contribution in [0.4, 0.5) is 4.39 Å². The Morgan fingerprint density at radius 3 is 2.26 bits per heavy atom. The zero-order valence-electron chi connectivity index (χ0n) is 24.7. The zero-order chi connectivity index (χ0) is 30.2. The van der Waals surface area contributed by atoms with Gasteiger partial charge in [-0.05, 0) is 48.4 Å². The Morgan fingerprint density at radius 1 is 0.930 bits per heavy atom. The first-order valence-electron chi connectivity index (χ1n) is 14.9. The Bertz CT molecular complexity index is 1690. The number of quaternary nitrogens is 1. The number of rotatable bonds is 7. The van der Waals surface area contributed by atoms with E-state index >= 15 is 0 Å². The molecule has 9 heteroatoms. The summed E-state index contributed by atoms with van der Waals surface area (Å²) in [5.74, 6) is 0.140. The van der Waals surface area contributed by atoms with Gasteiger partial charge in [0.15, 0.2) is 9.84 Å². The third-order valence-electron chi connectivity index (χ3n) is 9.19. The molecule has 2 aliphatic heterocycles. The fourth-order valence-corrected chi connectivity index (χ4v) is 7.35. The van der Waals surface area contributed by atoms with Crippen LogP contribution in [0.5, 0.6) is 0 Å². The van der Waals surface area contributed by atoms with Crippen LogP contribution in [-0.4, -0.2) is 73.0 Å². The molecule has 1 atom stereocenters. The minimum absolute atomic E-state index is 0.00980. The highest BCUT2D eigenvalue weighted by molar-refractivity contribution is 7.90. The molecule has 4 aromatic rings. The maximum atomic E-state index is 14.0. The van der Waals surface area contributed by atoms with E-state index in [0.29, 0.717) is 29.5 Å². The van der Waals surface area contributed by atoms with Gasteiger partial charge in [0.05, 0.1) is 48.2 Å². The number of carbonyl (C=O) groups is 1. The van der Waals surface area contributed by atoms with E-state index in [2.05, 4.69) is 24.3 Å². The van der Waals surface area contributed by atoms with E-state index in [0.717, 1.165) is 60.3 Å². The molecule has 224 valence electrons. The predicted octanol–water partition coefficient (Wildman–Crippen LogP) is 5.57. The van der Waals surface area contributed by atoms with Crippen LogP contribution >= 0.6 is 0 Å². The first kappa shape index (κ1) is 29.3. The van der Waals surface area contributed by atoms with E-state index in [1.807, 2.05) is 39.9 Å². The molecule has 0 N–H and O–H groups in total. The second kappa shape index (κ2) is 11.7. The second-order valence-electron chi connectivity index (χ2n) is 12.4. The van der Waals surface area contributed by atoms with Crippen molar-refractivity contribution in [3.63, 3.8) is 0 Å². The van der Waals surface area contributed by atoms with Crippen molar-refractivity contribution >= 4 is 15.7 Å². The van der Waals surface area contributed by atoms with Gasteiger partial charge in [0.25, 0.3) is 5.91 Å². The van der Waals surface area contributed by atoms with Gasteiger partial charge in [-0.2, -0.15) is 5.10 Å². The first-order chi connectivity index (χ1) is 20.6. The van der Waals surface area contributed by atoms with Crippen molar-refractivity contribution < 1.29 is 22.1 Å². The SMILES string of the molecule is C[N+]1(Cc2ccc(S(C)(=O)=O)cc2)CCC(c2c(C(=O)N3CCC(c4ccccc4)C3)cnn2-c2ccc(F)cc2)CC1. The number of likely N-dealkylation sites (tertiary alicyclic amines) is 2. The van der Waals surface area contributed by atoms with Gasteiger partial charge in [-0.15, -0.1) is 0 Å². The van der Waals surface area contributed by atoms with Gasteiger partial charge in [0.2, 0.25) is 0 Å². The first-order valence-corrected chi connectivity index (χ1v) is 16.8. The lowest BCUT2D eigenvalue weighted by Gasteiger charge is -2.41. The molecule has 1 amide bonds. The molecule has 0 spiro atoms. The van der Waals surface area contributed by atoms with Gasteiger partial charge in [-0.25, -0.2) is 17.5 Å². The number of amides is 1. The minimum atomic E-state index is -3.23. The number of benzene rings is 3. The number of aromatic nitrogens is 2. The predicted molar refractivity (Wildman–Crippen MR) is 164 cm³/mol. The Kier molecular flexibility index (Phi) is 7.96. The number of hydrogen-bond acceptors (Lipinski definition) is 4. The second-order valence-corrected chi connectivity index (χ2v) is 14.4. The summed E-state index contributed by atoms with van der Waals surface area (Å²) < 4.78 is 40.2. The number of sulfone groups is 1. The highest BCUT2D eigenvalue weighted by atomic mass is 32.2. The number of carbonyl (C=O) groups excluding carboxylic acids is 1. The lowest BCUT2D eigenvalue weighted by Crippen LogP contribution is -2.48. The molecule has 0 bridgehead atoms. The fourth-order valence-electron chi connectivity index (χ4n) is 6.72. The molecule has 7 nitrogen and oxygen atoms in total. The third kappa shape index (κ3) is 6.28. The van der Waals surface area contributed by atoms with Crippen LogP contribution in [0, 0.1) is 5.82 Å². The van der Waals surface area contributed by atoms with Gasteiger partial charge in [-0.1, -0.05) is 42.5 Å². The lowest BCUT2D eigenvalue weighted by atomic mass is 9.89. The van der Waals surface area contributed by atoms with E-state index < -0.39 is 9.84 Å². The van der Waals surface area contributed by atoms with Crippen molar-refractivity contribution in [3.8, 4) is 5.69 Å². The maximum absolute atomic E-state index is 14.0. The molecule has 0 radical (unpaired) electrons. The molecule has 0 aliphatic carbocycles. The van der Waals surface area contributed by atoms with Gasteiger partial charge in [0.1, 0.15) is 12.4 Å². The third-order valence-corrected chi connectivity index (χ3v) is 10.3. The summed E-state index contributed by atoms with van der Waals surface area (Å²) in [6.07, 6.45) is 5.60. The largest absolute Gasteiger partial charge is 0.338 e. The molecular weight excluding hydrogens is 563 g/mol. The molecule has 2 aliphatic rings. The average Bonchev–Trinajstić information content (AvgIpc) is 3.67. The van der Waals surface area contributed by atoms with Crippen LogP contribution in [0.2, 0.25) is 0 Å². The van der Waals surface area contributed by atoms with E-state index in [1.54, 1.807) is 30.5 Å². The quantitative estimate of drug-likeness (QED) is 0.260. The molecule has 2 saturated heterocycles. The topological polar surface area (TPSA) is 72.3 Å². The van der Waals surface area contributed by atoms with Crippen LogP contribution in [0.15, 0.2) is 90.0 Å². The minimum Gasteiger partial charge on any atom is -0.338 e. The van der Waals surface area contributed by atoms with Crippen LogP contribution in [0.25, 0.3) is 5.69 Å². The molecule has 3 aromatic carbocycles. The molecule has 2 fully saturated rings. The lowest BCUT2D eigenvalue weighted by molar-refractivity contribution is -0.927. The summed E-state index contributed by atoms with van der Waals surface area (Å²) in [6, 6.07) is 23.8. The van der Waals surface area contributed by atoms with Crippen molar-refractivity contribution in [2.24, 2.45) is 0 Å². The molecule has 1 unspecified atom stereocenters. The van der Waals surface area contributed by atoms with Crippen molar-refractivity contribution in [2.45, 2.75) is 42.5 Å². The number of nitrogens with zero attached hydrogens (tertiary/aromatic N) is 4. The summed E-state index contributed by atoms with van der Waals surface area (Å²) in [6.45, 7) is 3.99. The Labute approximate surface area is 253 Å². The van der Waals surface area contributed by atoms with Crippen LogP contribution in [0.3, 0.4) is 0 Å². The van der Waals surface area contributed by atoms with Gasteiger partial charge >= 0.3 is 0 Å². The van der Waals surface area contributed by atoms with Crippen LogP contribution in [-0.2, 0) is 16.4 Å². The van der Waals surface area contributed by atoms with Crippen molar-refractivity contribution in [2.75, 3.05) is 39.5 Å². The Hall–Kier alpha value is -3.82. The zero-order valence-corrected chi connectivity index (χ0v) is 25.5. The van der Waals surface area contributed by atoms with E-state index in [1.165, 1.54) is 24.0 Å². The highest BCUT2D eigenvalue weighted by Crippen LogP contribution is 2.36. The monoisotopic (exact) mass is 601 g/mol. The van der Waals surface area contributed by atoms with Crippen LogP contribution < -0.4 is 0 Å². The van der Waals surface area contributed by atoms with Crippen molar-refractivity contribution in [1.82, 2.24) is 14.7 Å². The standard InChI is InChI=1S/C34H38FN4O3S/c1-39(24-25-8-14-31(15-9-25)43(2,41)42)20-17-27(18-21-39)33-32(22-36-38(33)30-12-10-29(35)11-13-30)34(40)37-19-16-28(23-37)26-6-4-3-5-7-26/h3-15,22,27-28H,16-21,23-24H2,1-2H3/q+1. The fraction of sp³-hybridized carbons (Fsp3) is 0.353.